The second-order valence-electron chi connectivity index (χ2n) is 1.12. The van der Waals surface area contributed by atoms with Crippen LogP contribution in [0.25, 0.3) is 0 Å². The molecule has 0 fully saturated rings. The summed E-state index contributed by atoms with van der Waals surface area (Å²) < 4.78 is 0. The first kappa shape index (κ1) is 22.4. The first-order valence-electron chi connectivity index (χ1n) is 4.55. The van der Waals surface area contributed by atoms with Gasteiger partial charge in [0.25, 0.3) is 0 Å². The quantitative estimate of drug-likeness (QED) is 0.581. The molecule has 0 aromatic heterocycles. The third-order valence-corrected chi connectivity index (χ3v) is 0.354. The molecule has 0 bridgehead atoms. The van der Waals surface area contributed by atoms with Crippen molar-refractivity contribution < 1.29 is 0 Å². The Labute approximate surface area is 73.9 Å². The van der Waals surface area contributed by atoms with Gasteiger partial charge in [0.2, 0.25) is 0 Å². The first-order chi connectivity index (χ1) is 5.33. The molecule has 0 atom stereocenters. The van der Waals surface area contributed by atoms with Gasteiger partial charge < -0.3 is 5.32 Å². The first-order valence-corrected chi connectivity index (χ1v) is 4.55. The van der Waals surface area contributed by atoms with Gasteiger partial charge in [-0.1, -0.05) is 40.7 Å². The predicted molar refractivity (Wildman–Crippen MR) is 58.2 cm³/mol. The second-order valence-corrected chi connectivity index (χ2v) is 1.12. The van der Waals surface area contributed by atoms with Crippen molar-refractivity contribution in [2.45, 2.75) is 41.5 Å². The van der Waals surface area contributed by atoms with Crippen molar-refractivity contribution >= 4 is 0 Å². The maximum atomic E-state index is 3.36. The Morgan fingerprint density at radius 3 is 1.27 bits per heavy atom. The highest BCUT2D eigenvalue weighted by molar-refractivity contribution is 4.51. The number of hydrogen-bond acceptors (Lipinski definition) is 1. The maximum Gasteiger partial charge on any atom is -0.00804 e. The lowest BCUT2D eigenvalue weighted by Crippen LogP contribution is -2.01. The molecule has 0 radical (unpaired) electrons. The average Bonchev–Trinajstić information content (AvgIpc) is 2.12. The van der Waals surface area contributed by atoms with Crippen LogP contribution in [0.4, 0.5) is 0 Å². The van der Waals surface area contributed by atoms with Crippen LogP contribution in [-0.4, -0.2) is 13.6 Å². The Morgan fingerprint density at radius 1 is 1.18 bits per heavy atom. The van der Waals surface area contributed by atoms with Crippen molar-refractivity contribution in [2.75, 3.05) is 13.6 Å². The van der Waals surface area contributed by atoms with Crippen LogP contribution >= 0.6 is 0 Å². The summed E-state index contributed by atoms with van der Waals surface area (Å²) in [5.41, 5.74) is 0. The number of hydrogen-bond donors (Lipinski definition) is 1. The summed E-state index contributed by atoms with van der Waals surface area (Å²) in [4.78, 5) is 0. The molecule has 0 heterocycles. The van der Waals surface area contributed by atoms with E-state index in [1.165, 1.54) is 0 Å². The molecule has 0 aliphatic rings. The van der Waals surface area contributed by atoms with E-state index in [2.05, 4.69) is 18.8 Å². The Morgan fingerprint density at radius 2 is 1.27 bits per heavy atom. The molecule has 0 aliphatic carbocycles. The average molecular weight is 161 g/mol. The summed E-state index contributed by atoms with van der Waals surface area (Å²) in [6.07, 6.45) is 1.75. The molecule has 0 aromatic rings. The van der Waals surface area contributed by atoms with Gasteiger partial charge in [-0.3, -0.25) is 0 Å². The van der Waals surface area contributed by atoms with Gasteiger partial charge in [-0.2, -0.15) is 0 Å². The van der Waals surface area contributed by atoms with Gasteiger partial charge in [-0.05, 0) is 20.5 Å². The van der Waals surface area contributed by atoms with Gasteiger partial charge in [-0.25, -0.2) is 0 Å². The van der Waals surface area contributed by atoms with Crippen LogP contribution < -0.4 is 5.32 Å². The monoisotopic (exact) mass is 161 g/mol. The van der Waals surface area contributed by atoms with Gasteiger partial charge >= 0.3 is 0 Å². The number of allylic oxidation sites excluding steroid dienone is 1. The lowest BCUT2D eigenvalue weighted by molar-refractivity contribution is 0.864. The molecule has 0 spiro atoms. The van der Waals surface area contributed by atoms with E-state index < -0.39 is 0 Å². The highest BCUT2D eigenvalue weighted by atomic mass is 14.8. The number of rotatable bonds is 1. The third-order valence-electron chi connectivity index (χ3n) is 0.354. The van der Waals surface area contributed by atoms with Gasteiger partial charge in [0.15, 0.2) is 0 Å². The Hall–Kier alpha value is -0.300. The van der Waals surface area contributed by atoms with Gasteiger partial charge in [0, 0.05) is 0 Å². The normalized spacial score (nSPS) is 5.00. The molecule has 0 unspecified atom stereocenters. The summed E-state index contributed by atoms with van der Waals surface area (Å²) in [5, 5.41) is 2.93. The zero-order valence-corrected chi connectivity index (χ0v) is 9.49. The van der Waals surface area contributed by atoms with E-state index in [1.54, 1.807) is 6.08 Å². The molecule has 72 valence electrons. The molecule has 11 heavy (non-hydrogen) atoms. The summed E-state index contributed by atoms with van der Waals surface area (Å²) in [6.45, 7) is 16.4. The van der Waals surface area contributed by atoms with E-state index in [9.17, 15) is 0 Å². The fourth-order valence-corrected chi connectivity index (χ4v) is 0. The molecule has 0 aromatic carbocycles. The van der Waals surface area contributed by atoms with E-state index in [-0.39, 0.29) is 0 Å². The highest BCUT2D eigenvalue weighted by Crippen LogP contribution is 1.38. The van der Waals surface area contributed by atoms with Crippen molar-refractivity contribution in [3.05, 3.63) is 12.7 Å². The second kappa shape index (κ2) is 101. The molecule has 1 nitrogen and oxygen atoms in total. The lowest BCUT2D eigenvalue weighted by atomic mass is 10.8. The molecular weight excluding hydrogens is 134 g/mol. The van der Waals surface area contributed by atoms with Crippen LogP contribution in [0.3, 0.4) is 0 Å². The third kappa shape index (κ3) is 1170. The van der Waals surface area contributed by atoms with E-state index >= 15 is 0 Å². The fourth-order valence-electron chi connectivity index (χ4n) is 0. The molecule has 1 heteroatoms. The van der Waals surface area contributed by atoms with Crippen LogP contribution in [0, 0.1) is 0 Å². The summed E-state index contributed by atoms with van der Waals surface area (Å²) in [6, 6.07) is 0. The van der Waals surface area contributed by atoms with Crippen molar-refractivity contribution in [3.63, 3.8) is 0 Å². The summed E-state index contributed by atoms with van der Waals surface area (Å²) in [5.74, 6) is 0. The summed E-state index contributed by atoms with van der Waals surface area (Å²) in [7, 11) is 1.93. The van der Waals surface area contributed by atoms with Crippen molar-refractivity contribution in [3.8, 4) is 0 Å². The minimum atomic E-state index is 1.07. The van der Waals surface area contributed by atoms with Gasteiger partial charge in [-0.15, -0.1) is 6.58 Å². The van der Waals surface area contributed by atoms with Crippen LogP contribution in [0.1, 0.15) is 41.5 Å². The molecule has 0 saturated heterocycles. The van der Waals surface area contributed by atoms with Crippen LogP contribution in [0.15, 0.2) is 12.7 Å². The SMILES string of the molecule is C=CC.CC.CC.CCNC. The zero-order valence-electron chi connectivity index (χ0n) is 9.49. The fraction of sp³-hybridized carbons (Fsp3) is 0.800. The molecule has 0 amide bonds. The topological polar surface area (TPSA) is 12.0 Å². The minimum Gasteiger partial charge on any atom is -0.320 e. The summed E-state index contributed by atoms with van der Waals surface area (Å²) >= 11 is 0. The molecule has 0 saturated carbocycles. The standard InChI is InChI=1S/C3H9N.C3H6.2C2H6/c1-3-4-2;1-3-2;2*1-2/h4H,3H2,1-2H3;3H,1H2,2H3;2*1-2H3. The lowest BCUT2D eigenvalue weighted by Gasteiger charge is -1.76. The van der Waals surface area contributed by atoms with Crippen LogP contribution in [0.5, 0.6) is 0 Å². The predicted octanol–water partition coefficient (Wildman–Crippen LogP) is 3.47. The Bertz CT molecular complexity index is 24.1. The smallest absolute Gasteiger partial charge is 0.00804 e. The van der Waals surface area contributed by atoms with E-state index in [0.29, 0.717) is 0 Å². The van der Waals surface area contributed by atoms with Crippen LogP contribution in [0.2, 0.25) is 0 Å². The maximum absolute atomic E-state index is 3.36. The zero-order chi connectivity index (χ0) is 10.1. The van der Waals surface area contributed by atoms with Crippen molar-refractivity contribution in [2.24, 2.45) is 0 Å². The molecule has 1 N–H and O–H groups in total. The van der Waals surface area contributed by atoms with Gasteiger partial charge in [0.1, 0.15) is 0 Å². The minimum absolute atomic E-state index is 1.07. The Kier molecular flexibility index (Phi) is 205. The van der Waals surface area contributed by atoms with Crippen molar-refractivity contribution in [1.29, 1.82) is 0 Å². The van der Waals surface area contributed by atoms with Crippen molar-refractivity contribution in [1.82, 2.24) is 5.32 Å². The van der Waals surface area contributed by atoms with Gasteiger partial charge in [0.05, 0.1) is 0 Å². The highest BCUT2D eigenvalue weighted by Gasteiger charge is 1.50. The Balaban J connectivity index is -0.0000000315. The molecular formula is C10H27N. The van der Waals surface area contributed by atoms with E-state index in [1.807, 2.05) is 41.7 Å². The largest absolute Gasteiger partial charge is 0.320 e. The number of nitrogens with one attached hydrogen (secondary N) is 1. The molecule has 0 aliphatic heterocycles. The van der Waals surface area contributed by atoms with E-state index in [4.69, 9.17) is 0 Å². The molecule has 0 rings (SSSR count). The van der Waals surface area contributed by atoms with E-state index in [0.717, 1.165) is 6.54 Å². The van der Waals surface area contributed by atoms with Crippen LogP contribution in [-0.2, 0) is 0 Å².